The maximum Gasteiger partial charge on any atom is 0.223 e. The van der Waals surface area contributed by atoms with E-state index in [9.17, 15) is 4.79 Å². The van der Waals surface area contributed by atoms with Crippen LogP contribution in [0.3, 0.4) is 0 Å². The van der Waals surface area contributed by atoms with Gasteiger partial charge in [0, 0.05) is 31.9 Å². The van der Waals surface area contributed by atoms with E-state index in [-0.39, 0.29) is 5.91 Å². The molecule has 146 valence electrons. The van der Waals surface area contributed by atoms with Crippen molar-refractivity contribution in [2.24, 2.45) is 0 Å². The van der Waals surface area contributed by atoms with Crippen molar-refractivity contribution in [3.8, 4) is 5.75 Å². The highest BCUT2D eigenvalue weighted by molar-refractivity contribution is 5.75. The van der Waals surface area contributed by atoms with Gasteiger partial charge >= 0.3 is 0 Å². The standard InChI is InChI=1S/C23H27N3O2/c1-18-8-9-21(19(2)16-18)28-15-11-23(27)25-12-10-22-24-13-14-26(22)17-20-6-4-3-5-7-20/h3-9,13-14,16H,10-12,15,17H2,1-2H3,(H,25,27). The summed E-state index contributed by atoms with van der Waals surface area (Å²) in [6.07, 6.45) is 4.81. The number of nitrogens with zero attached hydrogens (tertiary/aromatic N) is 2. The van der Waals surface area contributed by atoms with Crippen molar-refractivity contribution in [2.75, 3.05) is 13.2 Å². The Labute approximate surface area is 166 Å². The first-order valence-corrected chi connectivity index (χ1v) is 9.62. The smallest absolute Gasteiger partial charge is 0.223 e. The zero-order chi connectivity index (χ0) is 19.8. The summed E-state index contributed by atoms with van der Waals surface area (Å²) >= 11 is 0. The minimum atomic E-state index is -0.00840. The zero-order valence-corrected chi connectivity index (χ0v) is 16.5. The molecule has 0 aliphatic heterocycles. The molecule has 2 aromatic carbocycles. The van der Waals surface area contributed by atoms with Crippen LogP contribution in [0.15, 0.2) is 60.9 Å². The lowest BCUT2D eigenvalue weighted by atomic mass is 10.1. The van der Waals surface area contributed by atoms with Crippen LogP contribution >= 0.6 is 0 Å². The molecule has 0 aliphatic carbocycles. The van der Waals surface area contributed by atoms with Crippen LogP contribution in [0.1, 0.15) is 28.9 Å². The molecule has 1 amide bonds. The van der Waals surface area contributed by atoms with E-state index in [1.807, 2.05) is 43.5 Å². The molecule has 0 atom stereocenters. The summed E-state index contributed by atoms with van der Waals surface area (Å²) in [5.74, 6) is 1.79. The second kappa shape index (κ2) is 9.74. The van der Waals surface area contributed by atoms with E-state index >= 15 is 0 Å². The molecule has 1 N–H and O–H groups in total. The Morgan fingerprint density at radius 1 is 1.14 bits per heavy atom. The molecule has 0 saturated carbocycles. The fraction of sp³-hybridized carbons (Fsp3) is 0.304. The molecule has 0 radical (unpaired) electrons. The van der Waals surface area contributed by atoms with Gasteiger partial charge in [-0.25, -0.2) is 4.98 Å². The number of ether oxygens (including phenoxy) is 1. The van der Waals surface area contributed by atoms with Crippen molar-refractivity contribution in [2.45, 2.75) is 33.2 Å². The van der Waals surface area contributed by atoms with Gasteiger partial charge in [-0.15, -0.1) is 0 Å². The highest BCUT2D eigenvalue weighted by Crippen LogP contribution is 2.18. The predicted molar refractivity (Wildman–Crippen MR) is 111 cm³/mol. The van der Waals surface area contributed by atoms with E-state index in [1.165, 1.54) is 11.1 Å². The minimum Gasteiger partial charge on any atom is -0.493 e. The first-order chi connectivity index (χ1) is 13.6. The molecule has 0 fully saturated rings. The summed E-state index contributed by atoms with van der Waals surface area (Å²) in [6, 6.07) is 16.3. The summed E-state index contributed by atoms with van der Waals surface area (Å²) in [5.41, 5.74) is 3.52. The SMILES string of the molecule is Cc1ccc(OCCC(=O)NCCc2nccn2Cc2ccccc2)c(C)c1. The lowest BCUT2D eigenvalue weighted by Gasteiger charge is -2.11. The summed E-state index contributed by atoms with van der Waals surface area (Å²) in [6.45, 7) is 5.79. The maximum atomic E-state index is 12.1. The normalized spacial score (nSPS) is 10.6. The summed E-state index contributed by atoms with van der Waals surface area (Å²) < 4.78 is 7.84. The fourth-order valence-electron chi connectivity index (χ4n) is 3.11. The zero-order valence-electron chi connectivity index (χ0n) is 16.5. The molecule has 0 aliphatic rings. The maximum absolute atomic E-state index is 12.1. The van der Waals surface area contributed by atoms with Gasteiger partial charge in [0.1, 0.15) is 11.6 Å². The van der Waals surface area contributed by atoms with Crippen molar-refractivity contribution < 1.29 is 9.53 Å². The molecule has 3 aromatic rings. The third-order valence-electron chi connectivity index (χ3n) is 4.59. The van der Waals surface area contributed by atoms with E-state index in [4.69, 9.17) is 4.74 Å². The van der Waals surface area contributed by atoms with Crippen molar-refractivity contribution >= 4 is 5.91 Å². The van der Waals surface area contributed by atoms with E-state index in [0.29, 0.717) is 26.0 Å². The number of hydrogen-bond acceptors (Lipinski definition) is 3. The van der Waals surface area contributed by atoms with Gasteiger partial charge < -0.3 is 14.6 Å². The van der Waals surface area contributed by atoms with Crippen molar-refractivity contribution in [3.05, 3.63) is 83.4 Å². The molecule has 0 spiro atoms. The van der Waals surface area contributed by atoms with Crippen molar-refractivity contribution in [3.63, 3.8) is 0 Å². The van der Waals surface area contributed by atoms with Crippen molar-refractivity contribution in [1.29, 1.82) is 0 Å². The number of carbonyl (C=O) groups excluding carboxylic acids is 1. The van der Waals surface area contributed by atoms with Crippen LogP contribution in [0.5, 0.6) is 5.75 Å². The molecule has 0 saturated heterocycles. The van der Waals surface area contributed by atoms with Crippen molar-refractivity contribution in [1.82, 2.24) is 14.9 Å². The molecule has 0 unspecified atom stereocenters. The predicted octanol–water partition coefficient (Wildman–Crippen LogP) is 3.68. The Balaban J connectivity index is 1.39. The largest absolute Gasteiger partial charge is 0.493 e. The van der Waals surface area contributed by atoms with Crippen LogP contribution in [0.2, 0.25) is 0 Å². The molecular weight excluding hydrogens is 350 g/mol. The lowest BCUT2D eigenvalue weighted by Crippen LogP contribution is -2.27. The van der Waals surface area contributed by atoms with Gasteiger partial charge in [-0.1, -0.05) is 48.0 Å². The first-order valence-electron chi connectivity index (χ1n) is 9.62. The van der Waals surface area contributed by atoms with Gasteiger partial charge in [0.15, 0.2) is 0 Å². The molecule has 0 bridgehead atoms. The Hall–Kier alpha value is -3.08. The summed E-state index contributed by atoms with van der Waals surface area (Å²) in [5, 5.41) is 2.95. The van der Waals surface area contributed by atoms with Crippen LogP contribution in [-0.4, -0.2) is 28.6 Å². The van der Waals surface area contributed by atoms with Gasteiger partial charge in [0.05, 0.1) is 13.0 Å². The van der Waals surface area contributed by atoms with Crippen LogP contribution in [0.25, 0.3) is 0 Å². The fourth-order valence-corrected chi connectivity index (χ4v) is 3.11. The van der Waals surface area contributed by atoms with Crippen LogP contribution in [0.4, 0.5) is 0 Å². The Bertz CT molecular complexity index is 903. The molecular formula is C23H27N3O2. The Morgan fingerprint density at radius 3 is 2.75 bits per heavy atom. The molecule has 1 heterocycles. The molecule has 5 nitrogen and oxygen atoms in total. The second-order valence-corrected chi connectivity index (χ2v) is 6.92. The monoisotopic (exact) mass is 377 g/mol. The van der Waals surface area contributed by atoms with Crippen LogP contribution < -0.4 is 10.1 Å². The molecule has 5 heteroatoms. The van der Waals surface area contributed by atoms with E-state index < -0.39 is 0 Å². The Kier molecular flexibility index (Phi) is 6.84. The number of imidazole rings is 1. The third kappa shape index (κ3) is 5.71. The lowest BCUT2D eigenvalue weighted by molar-refractivity contribution is -0.121. The average molecular weight is 377 g/mol. The van der Waals surface area contributed by atoms with Gasteiger partial charge in [-0.3, -0.25) is 4.79 Å². The third-order valence-corrected chi connectivity index (χ3v) is 4.59. The van der Waals surface area contributed by atoms with Gasteiger partial charge in [0.2, 0.25) is 5.91 Å². The highest BCUT2D eigenvalue weighted by Gasteiger charge is 2.07. The summed E-state index contributed by atoms with van der Waals surface area (Å²) in [4.78, 5) is 16.5. The van der Waals surface area contributed by atoms with Crippen LogP contribution in [-0.2, 0) is 17.8 Å². The number of aromatic nitrogens is 2. The van der Waals surface area contributed by atoms with E-state index in [1.54, 1.807) is 6.20 Å². The number of amides is 1. The number of benzene rings is 2. The van der Waals surface area contributed by atoms with Gasteiger partial charge in [0.25, 0.3) is 0 Å². The average Bonchev–Trinajstić information content (AvgIpc) is 3.11. The summed E-state index contributed by atoms with van der Waals surface area (Å²) in [7, 11) is 0. The molecule has 3 rings (SSSR count). The minimum absolute atomic E-state index is 0.00840. The van der Waals surface area contributed by atoms with E-state index in [0.717, 1.165) is 23.7 Å². The van der Waals surface area contributed by atoms with Gasteiger partial charge in [-0.2, -0.15) is 0 Å². The molecule has 28 heavy (non-hydrogen) atoms. The highest BCUT2D eigenvalue weighted by atomic mass is 16.5. The van der Waals surface area contributed by atoms with Gasteiger partial charge in [-0.05, 0) is 31.0 Å². The Morgan fingerprint density at radius 2 is 1.96 bits per heavy atom. The number of aryl methyl sites for hydroxylation is 2. The number of rotatable bonds is 9. The second-order valence-electron chi connectivity index (χ2n) is 6.92. The number of carbonyl (C=O) groups is 1. The first kappa shape index (κ1) is 19.7. The number of nitrogens with one attached hydrogen (secondary N) is 1. The van der Waals surface area contributed by atoms with Crippen LogP contribution in [0, 0.1) is 13.8 Å². The topological polar surface area (TPSA) is 56.1 Å². The van der Waals surface area contributed by atoms with E-state index in [2.05, 4.69) is 40.0 Å². The quantitative estimate of drug-likeness (QED) is 0.619. The molecule has 1 aromatic heterocycles. The number of hydrogen-bond donors (Lipinski definition) is 1.